The SMILES string of the molecule is CC.CCc1ccccc1CNC.O=C1CCCN1. The van der Waals surface area contributed by atoms with Gasteiger partial charge in [-0.15, -0.1) is 0 Å². The molecular formula is C16H28N2O. The van der Waals surface area contributed by atoms with Crippen LogP contribution in [0.1, 0.15) is 44.7 Å². The molecule has 3 heteroatoms. The van der Waals surface area contributed by atoms with Crippen LogP contribution in [0.15, 0.2) is 24.3 Å². The molecule has 1 saturated heterocycles. The quantitative estimate of drug-likeness (QED) is 0.881. The van der Waals surface area contributed by atoms with Crippen molar-refractivity contribution in [2.45, 2.75) is 46.6 Å². The van der Waals surface area contributed by atoms with E-state index in [1.807, 2.05) is 20.9 Å². The first-order chi connectivity index (χ1) is 9.27. The number of hydrogen-bond donors (Lipinski definition) is 2. The molecule has 2 N–H and O–H groups in total. The third-order valence-electron chi connectivity index (χ3n) is 2.77. The first kappa shape index (κ1) is 17.6. The van der Waals surface area contributed by atoms with Gasteiger partial charge in [0.15, 0.2) is 0 Å². The Morgan fingerprint density at radius 3 is 2.21 bits per heavy atom. The molecule has 0 spiro atoms. The molecule has 108 valence electrons. The summed E-state index contributed by atoms with van der Waals surface area (Å²) in [4.78, 5) is 10.1. The van der Waals surface area contributed by atoms with E-state index >= 15 is 0 Å². The molecule has 0 aromatic heterocycles. The number of aryl methyl sites for hydroxylation is 1. The lowest BCUT2D eigenvalue weighted by molar-refractivity contribution is -0.119. The number of rotatable bonds is 3. The smallest absolute Gasteiger partial charge is 0.220 e. The van der Waals surface area contributed by atoms with E-state index in [1.54, 1.807) is 0 Å². The molecule has 19 heavy (non-hydrogen) atoms. The maximum atomic E-state index is 10.1. The highest BCUT2D eigenvalue weighted by Gasteiger charge is 2.05. The van der Waals surface area contributed by atoms with Crippen LogP contribution in [0.4, 0.5) is 0 Å². The van der Waals surface area contributed by atoms with Gasteiger partial charge in [0.05, 0.1) is 0 Å². The second kappa shape index (κ2) is 11.7. The summed E-state index contributed by atoms with van der Waals surface area (Å²) in [5.74, 6) is 0.204. The lowest BCUT2D eigenvalue weighted by Gasteiger charge is -2.05. The van der Waals surface area contributed by atoms with Crippen LogP contribution in [0.25, 0.3) is 0 Å². The van der Waals surface area contributed by atoms with Crippen molar-refractivity contribution in [2.75, 3.05) is 13.6 Å². The summed E-state index contributed by atoms with van der Waals surface area (Å²) >= 11 is 0. The molecule has 0 radical (unpaired) electrons. The number of carbonyl (C=O) groups excluding carboxylic acids is 1. The average molecular weight is 264 g/mol. The highest BCUT2D eigenvalue weighted by Crippen LogP contribution is 2.08. The van der Waals surface area contributed by atoms with Gasteiger partial charge in [-0.1, -0.05) is 45.0 Å². The van der Waals surface area contributed by atoms with Gasteiger partial charge in [-0.3, -0.25) is 4.79 Å². The summed E-state index contributed by atoms with van der Waals surface area (Å²) in [6.45, 7) is 8.05. The first-order valence-electron chi connectivity index (χ1n) is 7.26. The Balaban J connectivity index is 0.000000341. The van der Waals surface area contributed by atoms with Crippen molar-refractivity contribution >= 4 is 5.91 Å². The van der Waals surface area contributed by atoms with E-state index < -0.39 is 0 Å². The Morgan fingerprint density at radius 1 is 1.21 bits per heavy atom. The number of benzene rings is 1. The molecule has 3 nitrogen and oxygen atoms in total. The van der Waals surface area contributed by atoms with Crippen LogP contribution >= 0.6 is 0 Å². The summed E-state index contributed by atoms with van der Waals surface area (Å²) in [7, 11) is 1.98. The average Bonchev–Trinajstić information content (AvgIpc) is 2.94. The molecule has 1 fully saturated rings. The molecule has 0 unspecified atom stereocenters. The molecule has 0 aliphatic carbocycles. The monoisotopic (exact) mass is 264 g/mol. The van der Waals surface area contributed by atoms with Gasteiger partial charge in [-0.2, -0.15) is 0 Å². The lowest BCUT2D eigenvalue weighted by atomic mass is 10.1. The molecule has 0 bridgehead atoms. The van der Waals surface area contributed by atoms with Crippen molar-refractivity contribution in [1.82, 2.24) is 10.6 Å². The van der Waals surface area contributed by atoms with Gasteiger partial charge < -0.3 is 10.6 Å². The minimum atomic E-state index is 0.204. The predicted octanol–water partition coefficient (Wildman–Crippen LogP) is 2.89. The minimum Gasteiger partial charge on any atom is -0.356 e. The van der Waals surface area contributed by atoms with E-state index in [-0.39, 0.29) is 5.91 Å². The number of hydrogen-bond acceptors (Lipinski definition) is 2. The van der Waals surface area contributed by atoms with Crippen molar-refractivity contribution in [1.29, 1.82) is 0 Å². The lowest BCUT2D eigenvalue weighted by Crippen LogP contribution is -2.12. The fourth-order valence-electron chi connectivity index (χ4n) is 1.83. The normalized spacial score (nSPS) is 12.7. The van der Waals surface area contributed by atoms with E-state index in [1.165, 1.54) is 11.1 Å². The summed E-state index contributed by atoms with van der Waals surface area (Å²) in [5, 5.41) is 5.84. The highest BCUT2D eigenvalue weighted by atomic mass is 16.1. The zero-order valence-corrected chi connectivity index (χ0v) is 12.8. The van der Waals surface area contributed by atoms with E-state index in [0.29, 0.717) is 0 Å². The van der Waals surface area contributed by atoms with Crippen molar-refractivity contribution in [3.05, 3.63) is 35.4 Å². The Morgan fingerprint density at radius 2 is 1.84 bits per heavy atom. The summed E-state index contributed by atoms with van der Waals surface area (Å²) in [6, 6.07) is 8.55. The van der Waals surface area contributed by atoms with Crippen LogP contribution < -0.4 is 10.6 Å². The topological polar surface area (TPSA) is 41.1 Å². The zero-order valence-electron chi connectivity index (χ0n) is 12.8. The predicted molar refractivity (Wildman–Crippen MR) is 82.2 cm³/mol. The third kappa shape index (κ3) is 7.62. The third-order valence-corrected chi connectivity index (χ3v) is 2.77. The Labute approximate surface area is 117 Å². The Kier molecular flexibility index (Phi) is 10.9. The van der Waals surface area contributed by atoms with Crippen molar-refractivity contribution in [3.8, 4) is 0 Å². The standard InChI is InChI=1S/C10H15N.C4H7NO.C2H6/c1-3-9-6-4-5-7-10(9)8-11-2;6-4-2-1-3-5-4;1-2/h4-7,11H,3,8H2,1-2H3;1-3H2,(H,5,6);1-2H3. The molecule has 2 rings (SSSR count). The minimum absolute atomic E-state index is 0.204. The van der Waals surface area contributed by atoms with Crippen LogP contribution in [0.3, 0.4) is 0 Å². The van der Waals surface area contributed by atoms with Gasteiger partial charge in [-0.25, -0.2) is 0 Å². The second-order valence-electron chi connectivity index (χ2n) is 4.11. The van der Waals surface area contributed by atoms with Gasteiger partial charge in [-0.05, 0) is 31.0 Å². The number of nitrogens with one attached hydrogen (secondary N) is 2. The molecule has 1 aliphatic heterocycles. The molecule has 1 aromatic rings. The molecular weight excluding hydrogens is 236 g/mol. The second-order valence-corrected chi connectivity index (χ2v) is 4.11. The van der Waals surface area contributed by atoms with Crippen molar-refractivity contribution in [3.63, 3.8) is 0 Å². The van der Waals surface area contributed by atoms with Gasteiger partial charge >= 0.3 is 0 Å². The largest absolute Gasteiger partial charge is 0.356 e. The van der Waals surface area contributed by atoms with Crippen LogP contribution in [-0.4, -0.2) is 19.5 Å². The number of carbonyl (C=O) groups is 1. The van der Waals surface area contributed by atoms with E-state index in [0.717, 1.165) is 32.4 Å². The van der Waals surface area contributed by atoms with Crippen LogP contribution in [0.5, 0.6) is 0 Å². The molecule has 0 atom stereocenters. The summed E-state index contributed by atoms with van der Waals surface area (Å²) < 4.78 is 0. The van der Waals surface area contributed by atoms with E-state index in [9.17, 15) is 4.79 Å². The van der Waals surface area contributed by atoms with Crippen LogP contribution in [0, 0.1) is 0 Å². The molecule has 1 aliphatic rings. The van der Waals surface area contributed by atoms with Gasteiger partial charge in [0.1, 0.15) is 0 Å². The maximum Gasteiger partial charge on any atom is 0.220 e. The number of amides is 1. The first-order valence-corrected chi connectivity index (χ1v) is 7.26. The van der Waals surface area contributed by atoms with Crippen LogP contribution in [-0.2, 0) is 17.8 Å². The van der Waals surface area contributed by atoms with E-state index in [4.69, 9.17) is 0 Å². The molecule has 0 saturated carbocycles. The van der Waals surface area contributed by atoms with E-state index in [2.05, 4.69) is 41.8 Å². The zero-order chi connectivity index (χ0) is 14.5. The molecule has 1 heterocycles. The van der Waals surface area contributed by atoms with Crippen molar-refractivity contribution < 1.29 is 4.79 Å². The Hall–Kier alpha value is -1.35. The van der Waals surface area contributed by atoms with Gasteiger partial charge in [0.2, 0.25) is 5.91 Å². The molecule has 1 amide bonds. The highest BCUT2D eigenvalue weighted by molar-refractivity contribution is 5.77. The van der Waals surface area contributed by atoms with Gasteiger partial charge in [0, 0.05) is 19.5 Å². The Bertz CT molecular complexity index is 342. The van der Waals surface area contributed by atoms with Gasteiger partial charge in [0.25, 0.3) is 0 Å². The molecule has 1 aromatic carbocycles. The fraction of sp³-hybridized carbons (Fsp3) is 0.562. The maximum absolute atomic E-state index is 10.1. The summed E-state index contributed by atoms with van der Waals surface area (Å²) in [5.41, 5.74) is 2.86. The van der Waals surface area contributed by atoms with Crippen LogP contribution in [0.2, 0.25) is 0 Å². The summed E-state index contributed by atoms with van der Waals surface area (Å²) in [6.07, 6.45) is 2.89. The van der Waals surface area contributed by atoms with Crippen molar-refractivity contribution in [2.24, 2.45) is 0 Å². The fourth-order valence-corrected chi connectivity index (χ4v) is 1.83.